The number of thioether (sulfide) groups is 1. The minimum atomic E-state index is -0.166. The smallest absolute Gasteiger partial charge is 0.262 e. The maximum absolute atomic E-state index is 13.1. The van der Waals surface area contributed by atoms with Crippen LogP contribution < -0.4 is 10.9 Å². The van der Waals surface area contributed by atoms with Crippen molar-refractivity contribution >= 4 is 40.0 Å². The van der Waals surface area contributed by atoms with E-state index >= 15 is 0 Å². The quantitative estimate of drug-likeness (QED) is 0.346. The first kappa shape index (κ1) is 21.3. The van der Waals surface area contributed by atoms with E-state index in [1.54, 1.807) is 41.0 Å². The Balaban J connectivity index is 1.56. The highest BCUT2D eigenvalue weighted by Crippen LogP contribution is 2.22. The molecule has 0 saturated carbocycles. The monoisotopic (exact) mass is 437 g/mol. The molecule has 31 heavy (non-hydrogen) atoms. The molecule has 1 fully saturated rings. The van der Waals surface area contributed by atoms with Gasteiger partial charge in [0, 0.05) is 24.8 Å². The lowest BCUT2D eigenvalue weighted by Gasteiger charge is -2.16. The first-order valence-corrected chi connectivity index (χ1v) is 11.1. The van der Waals surface area contributed by atoms with E-state index in [4.69, 9.17) is 4.74 Å². The number of nitrogens with zero attached hydrogens (tertiary/aromatic N) is 2. The number of benzene rings is 2. The minimum Gasteiger partial charge on any atom is -0.376 e. The van der Waals surface area contributed by atoms with E-state index < -0.39 is 0 Å². The number of rotatable bonds is 7. The Morgan fingerprint density at radius 1 is 1.19 bits per heavy atom. The Hall–Kier alpha value is -2.97. The van der Waals surface area contributed by atoms with E-state index in [0.717, 1.165) is 12.8 Å². The van der Waals surface area contributed by atoms with Crippen LogP contribution in [0.3, 0.4) is 0 Å². The molecule has 1 aliphatic rings. The summed E-state index contributed by atoms with van der Waals surface area (Å²) in [6.07, 6.45) is 1.87. The highest BCUT2D eigenvalue weighted by Gasteiger charge is 2.21. The summed E-state index contributed by atoms with van der Waals surface area (Å²) in [4.78, 5) is 41.6. The Kier molecular flexibility index (Phi) is 6.48. The summed E-state index contributed by atoms with van der Waals surface area (Å²) in [6.45, 7) is 2.57. The predicted octanol–water partition coefficient (Wildman–Crippen LogP) is 3.51. The molecule has 1 unspecified atom stereocenters. The number of Topliss-reactive ketones (excluding diaryl/α,β-unsaturated/α-hetero) is 1. The molecule has 0 bridgehead atoms. The summed E-state index contributed by atoms with van der Waals surface area (Å²) in [7, 11) is 0. The lowest BCUT2D eigenvalue weighted by molar-refractivity contribution is -0.114. The number of ketones is 1. The van der Waals surface area contributed by atoms with Crippen LogP contribution in [0.25, 0.3) is 10.9 Å². The van der Waals surface area contributed by atoms with E-state index in [0.29, 0.717) is 40.5 Å². The van der Waals surface area contributed by atoms with Crippen LogP contribution in [-0.4, -0.2) is 39.7 Å². The third kappa shape index (κ3) is 5.03. The number of hydrogen-bond acceptors (Lipinski definition) is 6. The fourth-order valence-corrected chi connectivity index (χ4v) is 4.47. The fraction of sp³-hybridized carbons (Fsp3) is 0.304. The molecule has 1 aromatic heterocycles. The molecular weight excluding hydrogens is 414 g/mol. The van der Waals surface area contributed by atoms with Crippen LogP contribution in [0, 0.1) is 0 Å². The van der Waals surface area contributed by atoms with Crippen LogP contribution in [0.1, 0.15) is 30.1 Å². The summed E-state index contributed by atoms with van der Waals surface area (Å²) in [5.41, 5.74) is 1.68. The van der Waals surface area contributed by atoms with E-state index in [1.807, 2.05) is 12.1 Å². The molecule has 0 spiro atoms. The maximum atomic E-state index is 13.1. The number of carbonyl (C=O) groups is 2. The lowest BCUT2D eigenvalue weighted by atomic mass is 10.1. The second-order valence-electron chi connectivity index (χ2n) is 7.43. The Bertz CT molecular complexity index is 1170. The molecular formula is C23H23N3O4S. The molecule has 2 heterocycles. The van der Waals surface area contributed by atoms with Gasteiger partial charge in [0.05, 0.1) is 29.3 Å². The van der Waals surface area contributed by atoms with Gasteiger partial charge in [-0.25, -0.2) is 4.98 Å². The molecule has 0 radical (unpaired) electrons. The van der Waals surface area contributed by atoms with Crippen LogP contribution in [0.4, 0.5) is 5.69 Å². The number of para-hydroxylation sites is 1. The van der Waals surface area contributed by atoms with Gasteiger partial charge in [-0.1, -0.05) is 23.9 Å². The second-order valence-corrected chi connectivity index (χ2v) is 8.38. The number of amides is 1. The van der Waals surface area contributed by atoms with Gasteiger partial charge in [0.25, 0.3) is 5.56 Å². The van der Waals surface area contributed by atoms with Gasteiger partial charge in [-0.05, 0) is 49.2 Å². The molecule has 1 aliphatic heterocycles. The number of hydrogen-bond donors (Lipinski definition) is 1. The highest BCUT2D eigenvalue weighted by molar-refractivity contribution is 7.99. The van der Waals surface area contributed by atoms with Crippen molar-refractivity contribution in [3.05, 3.63) is 64.4 Å². The predicted molar refractivity (Wildman–Crippen MR) is 121 cm³/mol. The van der Waals surface area contributed by atoms with E-state index in [-0.39, 0.29) is 29.1 Å². The van der Waals surface area contributed by atoms with Crippen molar-refractivity contribution in [2.45, 2.75) is 37.6 Å². The Morgan fingerprint density at radius 3 is 2.68 bits per heavy atom. The topological polar surface area (TPSA) is 90.3 Å². The van der Waals surface area contributed by atoms with Crippen molar-refractivity contribution < 1.29 is 14.3 Å². The molecule has 1 N–H and O–H groups in total. The molecule has 4 rings (SSSR count). The lowest BCUT2D eigenvalue weighted by Crippen LogP contribution is -2.29. The van der Waals surface area contributed by atoms with Gasteiger partial charge in [-0.15, -0.1) is 0 Å². The van der Waals surface area contributed by atoms with Crippen LogP contribution in [-0.2, 0) is 16.1 Å². The number of anilines is 1. The molecule has 7 nitrogen and oxygen atoms in total. The van der Waals surface area contributed by atoms with Crippen LogP contribution in [0.15, 0.2) is 58.5 Å². The molecule has 3 aromatic rings. The molecule has 8 heteroatoms. The van der Waals surface area contributed by atoms with Crippen LogP contribution in [0.2, 0.25) is 0 Å². The average Bonchev–Trinajstić information content (AvgIpc) is 3.28. The van der Waals surface area contributed by atoms with Gasteiger partial charge in [0.15, 0.2) is 10.9 Å². The molecule has 1 atom stereocenters. The number of fused-ring (bicyclic) bond motifs is 1. The zero-order valence-corrected chi connectivity index (χ0v) is 18.0. The number of ether oxygens (including phenoxy) is 1. The summed E-state index contributed by atoms with van der Waals surface area (Å²) in [6, 6.07) is 14.0. The van der Waals surface area contributed by atoms with Crippen LogP contribution >= 0.6 is 11.8 Å². The number of carbonyl (C=O) groups excluding carboxylic acids is 2. The summed E-state index contributed by atoms with van der Waals surface area (Å²) in [5.74, 6) is -0.0952. The molecule has 1 amide bonds. The van der Waals surface area contributed by atoms with E-state index in [2.05, 4.69) is 10.3 Å². The largest absolute Gasteiger partial charge is 0.376 e. The highest BCUT2D eigenvalue weighted by atomic mass is 32.2. The molecule has 1 saturated heterocycles. The van der Waals surface area contributed by atoms with Crippen molar-refractivity contribution in [3.8, 4) is 0 Å². The van der Waals surface area contributed by atoms with Crippen molar-refractivity contribution in [2.75, 3.05) is 17.7 Å². The van der Waals surface area contributed by atoms with Crippen molar-refractivity contribution in [3.63, 3.8) is 0 Å². The second kappa shape index (κ2) is 9.45. The SMILES string of the molecule is CC(=O)Nc1ccc(C(=O)CSc2nc3ccccc3c(=O)n2CC2CCCO2)cc1. The van der Waals surface area contributed by atoms with Crippen molar-refractivity contribution in [1.29, 1.82) is 0 Å². The average molecular weight is 438 g/mol. The van der Waals surface area contributed by atoms with Gasteiger partial charge >= 0.3 is 0 Å². The van der Waals surface area contributed by atoms with E-state index in [9.17, 15) is 14.4 Å². The maximum Gasteiger partial charge on any atom is 0.262 e. The van der Waals surface area contributed by atoms with Crippen LogP contribution in [0.5, 0.6) is 0 Å². The van der Waals surface area contributed by atoms with Gasteiger partial charge in [-0.2, -0.15) is 0 Å². The zero-order valence-electron chi connectivity index (χ0n) is 17.2. The van der Waals surface area contributed by atoms with Crippen molar-refractivity contribution in [1.82, 2.24) is 9.55 Å². The summed E-state index contributed by atoms with van der Waals surface area (Å²) >= 11 is 1.25. The third-order valence-corrected chi connectivity index (χ3v) is 6.07. The standard InChI is InChI=1S/C23H23N3O4S/c1-15(27)24-17-10-8-16(9-11-17)21(28)14-31-23-25-20-7-3-2-6-19(20)22(29)26(23)13-18-5-4-12-30-18/h2-3,6-11,18H,4-5,12-14H2,1H3,(H,24,27). The molecule has 160 valence electrons. The van der Waals surface area contributed by atoms with E-state index in [1.165, 1.54) is 18.7 Å². The first-order valence-electron chi connectivity index (χ1n) is 10.2. The normalized spacial score (nSPS) is 15.8. The fourth-order valence-electron chi connectivity index (χ4n) is 3.57. The zero-order chi connectivity index (χ0) is 21.8. The Labute approximate surface area is 183 Å². The van der Waals surface area contributed by atoms with Gasteiger partial charge in [-0.3, -0.25) is 19.0 Å². The molecule has 2 aromatic carbocycles. The van der Waals surface area contributed by atoms with Gasteiger partial charge in [0.2, 0.25) is 5.91 Å². The van der Waals surface area contributed by atoms with Crippen molar-refractivity contribution in [2.24, 2.45) is 0 Å². The summed E-state index contributed by atoms with van der Waals surface area (Å²) < 4.78 is 7.35. The minimum absolute atomic E-state index is 0.0166. The third-order valence-electron chi connectivity index (χ3n) is 5.10. The number of nitrogens with one attached hydrogen (secondary N) is 1. The Morgan fingerprint density at radius 2 is 1.97 bits per heavy atom. The van der Waals surface area contributed by atoms with Gasteiger partial charge < -0.3 is 10.1 Å². The molecule has 0 aliphatic carbocycles. The van der Waals surface area contributed by atoms with Gasteiger partial charge in [0.1, 0.15) is 0 Å². The number of aromatic nitrogens is 2. The first-order chi connectivity index (χ1) is 15.0. The summed E-state index contributed by atoms with van der Waals surface area (Å²) in [5, 5.41) is 3.75.